The fraction of sp³-hybridized carbons (Fsp3) is 0.120. The van der Waals surface area contributed by atoms with Crippen LogP contribution in [0.25, 0.3) is 17.1 Å². The van der Waals surface area contributed by atoms with Crippen LogP contribution < -0.4 is 14.9 Å². The largest absolute Gasteiger partial charge is 0.497 e. The Morgan fingerprint density at radius 2 is 1.67 bits per heavy atom. The van der Waals surface area contributed by atoms with Gasteiger partial charge in [-0.2, -0.15) is 5.10 Å². The van der Waals surface area contributed by atoms with Gasteiger partial charge >= 0.3 is 0 Å². The second-order valence-corrected chi connectivity index (χ2v) is 9.10. The summed E-state index contributed by atoms with van der Waals surface area (Å²) in [5, 5.41) is 14.2. The van der Waals surface area contributed by atoms with Crippen molar-refractivity contribution in [2.75, 3.05) is 20.0 Å². The van der Waals surface area contributed by atoms with E-state index in [1.54, 1.807) is 32.4 Å². The van der Waals surface area contributed by atoms with Crippen LogP contribution in [0.2, 0.25) is 10.0 Å². The number of hydrazone groups is 1. The number of carbonyl (C=O) groups excluding carboxylic acids is 1. The second-order valence-electron chi connectivity index (χ2n) is 7.32. The molecule has 1 N–H and O–H groups in total. The number of nitrogens with zero attached hydrogens (tertiary/aromatic N) is 4. The van der Waals surface area contributed by atoms with Crippen LogP contribution in [-0.4, -0.2) is 46.9 Å². The van der Waals surface area contributed by atoms with Crippen LogP contribution in [0.15, 0.2) is 77.0 Å². The predicted octanol–water partition coefficient (Wildman–Crippen LogP) is 5.50. The first-order chi connectivity index (χ1) is 17.5. The summed E-state index contributed by atoms with van der Waals surface area (Å²) in [6, 6.07) is 20.0. The summed E-state index contributed by atoms with van der Waals surface area (Å²) in [5.74, 6) is 1.85. The fourth-order valence-electron chi connectivity index (χ4n) is 3.20. The van der Waals surface area contributed by atoms with E-state index in [1.165, 1.54) is 18.0 Å². The van der Waals surface area contributed by atoms with E-state index in [-0.39, 0.29) is 11.7 Å². The van der Waals surface area contributed by atoms with Crippen molar-refractivity contribution in [2.24, 2.45) is 5.10 Å². The molecule has 4 aromatic rings. The molecule has 4 rings (SSSR count). The van der Waals surface area contributed by atoms with Crippen molar-refractivity contribution in [1.29, 1.82) is 0 Å². The molecule has 0 bridgehead atoms. The molecule has 36 heavy (non-hydrogen) atoms. The number of benzene rings is 3. The lowest BCUT2D eigenvalue weighted by Crippen LogP contribution is -2.20. The maximum absolute atomic E-state index is 12.4. The molecule has 0 atom stereocenters. The van der Waals surface area contributed by atoms with Gasteiger partial charge in [-0.15, -0.1) is 10.2 Å². The number of halogens is 2. The predicted molar refractivity (Wildman–Crippen MR) is 143 cm³/mol. The van der Waals surface area contributed by atoms with Crippen LogP contribution in [0.5, 0.6) is 11.5 Å². The van der Waals surface area contributed by atoms with Crippen molar-refractivity contribution in [3.8, 4) is 28.6 Å². The Labute approximate surface area is 222 Å². The molecule has 0 saturated heterocycles. The molecule has 0 unspecified atom stereocenters. The highest BCUT2D eigenvalue weighted by Crippen LogP contribution is 2.30. The molecule has 1 heterocycles. The van der Waals surface area contributed by atoms with E-state index in [4.69, 9.17) is 32.7 Å². The molecule has 0 aliphatic rings. The van der Waals surface area contributed by atoms with Gasteiger partial charge in [-0.3, -0.25) is 9.36 Å². The average molecular weight is 542 g/mol. The average Bonchev–Trinajstić information content (AvgIpc) is 3.32. The van der Waals surface area contributed by atoms with Gasteiger partial charge in [-0.25, -0.2) is 5.43 Å². The van der Waals surface area contributed by atoms with Crippen LogP contribution in [0.4, 0.5) is 0 Å². The quantitative estimate of drug-likeness (QED) is 0.171. The van der Waals surface area contributed by atoms with Crippen molar-refractivity contribution in [1.82, 2.24) is 20.2 Å². The van der Waals surface area contributed by atoms with Gasteiger partial charge in [0, 0.05) is 21.8 Å². The molecule has 0 fully saturated rings. The lowest BCUT2D eigenvalue weighted by atomic mass is 10.2. The number of rotatable bonds is 9. The van der Waals surface area contributed by atoms with E-state index in [1.807, 2.05) is 53.1 Å². The number of hydrogen-bond donors (Lipinski definition) is 1. The van der Waals surface area contributed by atoms with Gasteiger partial charge in [-0.1, -0.05) is 41.0 Å². The zero-order valence-corrected chi connectivity index (χ0v) is 21.6. The highest BCUT2D eigenvalue weighted by Gasteiger charge is 2.17. The Morgan fingerprint density at radius 1 is 1.00 bits per heavy atom. The summed E-state index contributed by atoms with van der Waals surface area (Å²) in [6.45, 7) is 0. The van der Waals surface area contributed by atoms with Crippen molar-refractivity contribution >= 4 is 47.1 Å². The van der Waals surface area contributed by atoms with Gasteiger partial charge in [0.1, 0.15) is 11.5 Å². The molecular formula is C25H21Cl2N5O3S. The maximum Gasteiger partial charge on any atom is 0.250 e. The van der Waals surface area contributed by atoms with Crippen molar-refractivity contribution in [2.45, 2.75) is 5.16 Å². The number of nitrogens with one attached hydrogen (secondary N) is 1. The normalized spacial score (nSPS) is 11.0. The number of amides is 1. The summed E-state index contributed by atoms with van der Waals surface area (Å²) >= 11 is 13.3. The Kier molecular flexibility index (Phi) is 8.48. The molecule has 11 heteroatoms. The minimum Gasteiger partial charge on any atom is -0.497 e. The van der Waals surface area contributed by atoms with E-state index in [0.29, 0.717) is 26.6 Å². The van der Waals surface area contributed by atoms with Gasteiger partial charge in [0.05, 0.1) is 31.2 Å². The van der Waals surface area contributed by atoms with Crippen LogP contribution >= 0.6 is 35.0 Å². The number of methoxy groups -OCH3 is 2. The van der Waals surface area contributed by atoms with Gasteiger partial charge < -0.3 is 9.47 Å². The first-order valence-corrected chi connectivity index (χ1v) is 12.4. The fourth-order valence-corrected chi connectivity index (χ4v) is 4.40. The number of ether oxygens (including phenoxy) is 2. The molecule has 0 saturated carbocycles. The molecule has 0 aliphatic carbocycles. The standard InChI is InChI=1S/C25H21Cl2N5O3S/c1-34-20-9-4-16(5-10-20)24-30-31-25(32(24)19-7-11-21(35-2)12-8-19)36-15-23(33)29-28-14-17-3-6-18(26)13-22(17)27/h3-14H,15H2,1-2H3,(H,29,33). The molecular weight excluding hydrogens is 521 g/mol. The lowest BCUT2D eigenvalue weighted by Gasteiger charge is -2.11. The van der Waals surface area contributed by atoms with Gasteiger partial charge in [0.2, 0.25) is 0 Å². The summed E-state index contributed by atoms with van der Waals surface area (Å²) < 4.78 is 12.4. The minimum absolute atomic E-state index is 0.0720. The first-order valence-electron chi connectivity index (χ1n) is 10.6. The SMILES string of the molecule is COc1ccc(-c2nnc(SCC(=O)NN=Cc3ccc(Cl)cc3Cl)n2-c2ccc(OC)cc2)cc1. The summed E-state index contributed by atoms with van der Waals surface area (Å²) in [4.78, 5) is 12.4. The van der Waals surface area contributed by atoms with Gasteiger partial charge in [-0.05, 0) is 60.7 Å². The second kappa shape index (κ2) is 11.9. The van der Waals surface area contributed by atoms with Crippen molar-refractivity contribution in [3.05, 3.63) is 82.3 Å². The smallest absolute Gasteiger partial charge is 0.250 e. The molecule has 0 radical (unpaired) electrons. The monoisotopic (exact) mass is 541 g/mol. The van der Waals surface area contributed by atoms with E-state index in [2.05, 4.69) is 20.7 Å². The third kappa shape index (κ3) is 6.17. The molecule has 8 nitrogen and oxygen atoms in total. The molecule has 0 spiro atoms. The van der Waals surface area contributed by atoms with Crippen LogP contribution in [0.3, 0.4) is 0 Å². The Morgan fingerprint density at radius 3 is 2.31 bits per heavy atom. The Hall–Kier alpha value is -3.53. The minimum atomic E-state index is -0.309. The van der Waals surface area contributed by atoms with Crippen LogP contribution in [-0.2, 0) is 4.79 Å². The van der Waals surface area contributed by atoms with E-state index in [0.717, 1.165) is 22.7 Å². The topological polar surface area (TPSA) is 90.6 Å². The van der Waals surface area contributed by atoms with Crippen LogP contribution in [0.1, 0.15) is 5.56 Å². The van der Waals surface area contributed by atoms with Gasteiger partial charge in [0.15, 0.2) is 11.0 Å². The number of thioether (sulfide) groups is 1. The number of carbonyl (C=O) groups is 1. The lowest BCUT2D eigenvalue weighted by molar-refractivity contribution is -0.118. The Bertz CT molecular complexity index is 1380. The number of aromatic nitrogens is 3. The summed E-state index contributed by atoms with van der Waals surface area (Å²) in [7, 11) is 3.22. The van der Waals surface area contributed by atoms with E-state index in [9.17, 15) is 4.79 Å². The van der Waals surface area contributed by atoms with Crippen molar-refractivity contribution < 1.29 is 14.3 Å². The van der Waals surface area contributed by atoms with E-state index >= 15 is 0 Å². The zero-order valence-electron chi connectivity index (χ0n) is 19.3. The number of hydrogen-bond acceptors (Lipinski definition) is 7. The highest BCUT2D eigenvalue weighted by molar-refractivity contribution is 7.99. The highest BCUT2D eigenvalue weighted by atomic mass is 35.5. The summed E-state index contributed by atoms with van der Waals surface area (Å²) in [5.41, 5.74) is 4.81. The van der Waals surface area contributed by atoms with E-state index < -0.39 is 0 Å². The first kappa shape index (κ1) is 25.6. The van der Waals surface area contributed by atoms with Crippen molar-refractivity contribution in [3.63, 3.8) is 0 Å². The molecule has 184 valence electrons. The zero-order chi connectivity index (χ0) is 25.5. The Balaban J connectivity index is 1.52. The molecule has 1 amide bonds. The summed E-state index contributed by atoms with van der Waals surface area (Å²) in [6.07, 6.45) is 1.46. The van der Waals surface area contributed by atoms with Crippen LogP contribution in [0, 0.1) is 0 Å². The third-order valence-electron chi connectivity index (χ3n) is 5.00. The van der Waals surface area contributed by atoms with Gasteiger partial charge in [0.25, 0.3) is 5.91 Å². The molecule has 3 aromatic carbocycles. The molecule has 0 aliphatic heterocycles. The third-order valence-corrected chi connectivity index (χ3v) is 6.49. The molecule has 1 aromatic heterocycles. The maximum atomic E-state index is 12.4.